The van der Waals surface area contributed by atoms with Crippen LogP contribution in [0.25, 0.3) is 10.8 Å². The van der Waals surface area contributed by atoms with Gasteiger partial charge in [-0.1, -0.05) is 60.2 Å². The molecule has 0 fully saturated rings. The van der Waals surface area contributed by atoms with Gasteiger partial charge in [0, 0.05) is 17.8 Å². The molecule has 0 heterocycles. The number of fused-ring (bicyclic) bond motifs is 1. The van der Waals surface area contributed by atoms with Gasteiger partial charge in [0.15, 0.2) is 0 Å². The lowest BCUT2D eigenvalue weighted by molar-refractivity contribution is 0.304. The Morgan fingerprint density at radius 3 is 2.50 bits per heavy atom. The van der Waals surface area contributed by atoms with E-state index in [1.165, 1.54) is 16.3 Å². The minimum atomic E-state index is 0.262. The number of phenols is 1. The lowest BCUT2D eigenvalue weighted by Crippen LogP contribution is -2.04. The molecule has 4 rings (SSSR count). The van der Waals surface area contributed by atoms with Crippen LogP contribution in [0, 0.1) is 6.92 Å². The van der Waals surface area contributed by atoms with Gasteiger partial charge in [0.1, 0.15) is 18.1 Å². The lowest BCUT2D eigenvalue weighted by atomic mass is 10.0. The zero-order chi connectivity index (χ0) is 19.3. The first-order chi connectivity index (χ1) is 13.7. The fourth-order valence-corrected chi connectivity index (χ4v) is 3.37. The fourth-order valence-electron chi connectivity index (χ4n) is 3.37. The first kappa shape index (κ1) is 17.9. The lowest BCUT2D eigenvalue weighted by Gasteiger charge is -2.16. The maximum absolute atomic E-state index is 9.48. The predicted molar refractivity (Wildman–Crippen MR) is 115 cm³/mol. The van der Waals surface area contributed by atoms with Gasteiger partial charge in [0.25, 0.3) is 0 Å². The Morgan fingerprint density at radius 2 is 1.68 bits per heavy atom. The first-order valence-electron chi connectivity index (χ1n) is 9.41. The Morgan fingerprint density at radius 1 is 0.857 bits per heavy atom. The van der Waals surface area contributed by atoms with Crippen molar-refractivity contribution in [2.75, 3.05) is 5.32 Å². The molecule has 3 nitrogen and oxygen atoms in total. The number of hydrogen-bond acceptors (Lipinski definition) is 3. The molecule has 0 radical (unpaired) electrons. The molecule has 0 bridgehead atoms. The summed E-state index contributed by atoms with van der Waals surface area (Å²) in [5.74, 6) is 1.14. The summed E-state index contributed by atoms with van der Waals surface area (Å²) in [7, 11) is 0. The highest BCUT2D eigenvalue weighted by atomic mass is 16.5. The zero-order valence-electron chi connectivity index (χ0n) is 15.9. The maximum Gasteiger partial charge on any atom is 0.125 e. The van der Waals surface area contributed by atoms with Crippen molar-refractivity contribution in [3.63, 3.8) is 0 Å². The molecule has 28 heavy (non-hydrogen) atoms. The average molecular weight is 369 g/mol. The molecule has 0 spiro atoms. The number of anilines is 1. The second-order valence-electron chi connectivity index (χ2n) is 6.94. The van der Waals surface area contributed by atoms with Crippen LogP contribution in [0.1, 0.15) is 16.7 Å². The van der Waals surface area contributed by atoms with Gasteiger partial charge in [0.2, 0.25) is 0 Å². The topological polar surface area (TPSA) is 41.5 Å². The average Bonchev–Trinajstić information content (AvgIpc) is 2.72. The third-order valence-electron chi connectivity index (χ3n) is 4.81. The summed E-state index contributed by atoms with van der Waals surface area (Å²) in [5, 5.41) is 15.3. The van der Waals surface area contributed by atoms with E-state index in [0.29, 0.717) is 13.2 Å². The van der Waals surface area contributed by atoms with Crippen LogP contribution in [-0.4, -0.2) is 5.11 Å². The summed E-state index contributed by atoms with van der Waals surface area (Å²) in [6.45, 7) is 3.26. The van der Waals surface area contributed by atoms with E-state index in [2.05, 4.69) is 60.8 Å². The number of rotatable bonds is 6. The molecule has 0 unspecified atom stereocenters. The third kappa shape index (κ3) is 4.09. The van der Waals surface area contributed by atoms with Crippen molar-refractivity contribution in [1.82, 2.24) is 0 Å². The van der Waals surface area contributed by atoms with Crippen LogP contribution >= 0.6 is 0 Å². The van der Waals surface area contributed by atoms with E-state index in [9.17, 15) is 5.11 Å². The standard InChI is InChI=1S/C25H23NO2/c1-18-5-4-6-19(15-18)17-28-25-14-9-20-7-2-3-8-23(20)24(25)16-26-21-10-12-22(27)13-11-21/h2-15,26-27H,16-17H2,1H3. The van der Waals surface area contributed by atoms with E-state index in [1.807, 2.05) is 24.3 Å². The highest BCUT2D eigenvalue weighted by Crippen LogP contribution is 2.30. The number of aromatic hydroxyl groups is 1. The molecule has 2 N–H and O–H groups in total. The van der Waals surface area contributed by atoms with Crippen LogP contribution in [0.2, 0.25) is 0 Å². The van der Waals surface area contributed by atoms with Gasteiger partial charge in [0.05, 0.1) is 0 Å². The second kappa shape index (κ2) is 8.05. The number of hydrogen-bond donors (Lipinski definition) is 2. The van der Waals surface area contributed by atoms with E-state index in [0.717, 1.165) is 22.6 Å². The summed E-state index contributed by atoms with van der Waals surface area (Å²) >= 11 is 0. The zero-order valence-corrected chi connectivity index (χ0v) is 15.9. The molecular weight excluding hydrogens is 346 g/mol. The van der Waals surface area contributed by atoms with Crippen LogP contribution in [0.5, 0.6) is 11.5 Å². The summed E-state index contributed by atoms with van der Waals surface area (Å²) in [4.78, 5) is 0. The minimum Gasteiger partial charge on any atom is -0.508 e. The Balaban J connectivity index is 1.61. The SMILES string of the molecule is Cc1cccc(COc2ccc3ccccc3c2CNc2ccc(O)cc2)c1. The van der Waals surface area contributed by atoms with Crippen molar-refractivity contribution in [2.24, 2.45) is 0 Å². The molecular formula is C25H23NO2. The highest BCUT2D eigenvalue weighted by molar-refractivity contribution is 5.88. The molecule has 0 saturated carbocycles. The molecule has 140 valence electrons. The largest absolute Gasteiger partial charge is 0.508 e. The Kier molecular flexibility index (Phi) is 5.16. The number of aryl methyl sites for hydroxylation is 1. The van der Waals surface area contributed by atoms with Crippen molar-refractivity contribution in [2.45, 2.75) is 20.1 Å². The van der Waals surface area contributed by atoms with Crippen molar-refractivity contribution >= 4 is 16.5 Å². The van der Waals surface area contributed by atoms with Crippen molar-refractivity contribution < 1.29 is 9.84 Å². The third-order valence-corrected chi connectivity index (χ3v) is 4.81. The van der Waals surface area contributed by atoms with Crippen LogP contribution in [0.15, 0.2) is 84.9 Å². The molecule has 0 amide bonds. The van der Waals surface area contributed by atoms with Crippen molar-refractivity contribution in [3.8, 4) is 11.5 Å². The molecule has 0 atom stereocenters. The van der Waals surface area contributed by atoms with Crippen LogP contribution in [-0.2, 0) is 13.2 Å². The van der Waals surface area contributed by atoms with Gasteiger partial charge in [-0.25, -0.2) is 0 Å². The molecule has 4 aromatic carbocycles. The fraction of sp³-hybridized carbons (Fsp3) is 0.120. The monoisotopic (exact) mass is 369 g/mol. The molecule has 4 aromatic rings. The molecule has 0 aliphatic carbocycles. The normalized spacial score (nSPS) is 10.8. The number of ether oxygens (including phenoxy) is 1. The minimum absolute atomic E-state index is 0.262. The van der Waals surface area contributed by atoms with Gasteiger partial charge in [-0.15, -0.1) is 0 Å². The molecule has 0 aliphatic heterocycles. The van der Waals surface area contributed by atoms with E-state index < -0.39 is 0 Å². The molecule has 0 aromatic heterocycles. The maximum atomic E-state index is 9.48. The van der Waals surface area contributed by atoms with Gasteiger partial charge >= 0.3 is 0 Å². The number of phenolic OH excluding ortho intramolecular Hbond substituents is 1. The van der Waals surface area contributed by atoms with Crippen LogP contribution in [0.4, 0.5) is 5.69 Å². The second-order valence-corrected chi connectivity index (χ2v) is 6.94. The number of nitrogens with one attached hydrogen (secondary N) is 1. The van der Waals surface area contributed by atoms with Gasteiger partial charge in [-0.3, -0.25) is 0 Å². The smallest absolute Gasteiger partial charge is 0.125 e. The summed E-state index contributed by atoms with van der Waals surface area (Å²) in [5.41, 5.74) is 4.47. The van der Waals surface area contributed by atoms with Crippen molar-refractivity contribution in [3.05, 3.63) is 102 Å². The molecule has 3 heteroatoms. The van der Waals surface area contributed by atoms with Gasteiger partial charge in [-0.2, -0.15) is 0 Å². The predicted octanol–water partition coefficient (Wildman–Crippen LogP) is 6.04. The Bertz CT molecular complexity index is 1090. The van der Waals surface area contributed by atoms with E-state index in [4.69, 9.17) is 4.74 Å². The summed E-state index contributed by atoms with van der Waals surface area (Å²) in [6, 6.07) is 28.0. The van der Waals surface area contributed by atoms with Crippen molar-refractivity contribution in [1.29, 1.82) is 0 Å². The summed E-state index contributed by atoms with van der Waals surface area (Å²) in [6.07, 6.45) is 0. The van der Waals surface area contributed by atoms with Gasteiger partial charge in [-0.05, 0) is 53.6 Å². The first-order valence-corrected chi connectivity index (χ1v) is 9.41. The van der Waals surface area contributed by atoms with Gasteiger partial charge < -0.3 is 15.2 Å². The van der Waals surface area contributed by atoms with E-state index in [1.54, 1.807) is 12.1 Å². The quantitative estimate of drug-likeness (QED) is 0.407. The number of benzene rings is 4. The molecule has 0 aliphatic rings. The van der Waals surface area contributed by atoms with Crippen LogP contribution in [0.3, 0.4) is 0 Å². The Hall–Kier alpha value is -3.46. The highest BCUT2D eigenvalue weighted by Gasteiger charge is 2.10. The van der Waals surface area contributed by atoms with Crippen LogP contribution < -0.4 is 10.1 Å². The summed E-state index contributed by atoms with van der Waals surface area (Å²) < 4.78 is 6.21. The Labute approximate surface area is 165 Å². The van der Waals surface area contributed by atoms with E-state index >= 15 is 0 Å². The molecule has 0 saturated heterocycles. The van der Waals surface area contributed by atoms with E-state index in [-0.39, 0.29) is 5.75 Å².